The first-order chi connectivity index (χ1) is 6.91. The summed E-state index contributed by atoms with van der Waals surface area (Å²) in [5.41, 5.74) is 7.76. The first-order valence-corrected chi connectivity index (χ1v) is 5.44. The maximum absolute atomic E-state index is 10.9. The Morgan fingerprint density at radius 3 is 1.47 bits per heavy atom. The lowest BCUT2D eigenvalue weighted by atomic mass is 9.84. The standard InChI is InChI=1S/C14H20O/c1-8(7-15)14-12(5)10(3)9(2)11(4)13(14)6/h7-8H,1-6H3. The van der Waals surface area contributed by atoms with Crippen molar-refractivity contribution >= 4 is 6.29 Å². The monoisotopic (exact) mass is 204 g/mol. The highest BCUT2D eigenvalue weighted by Gasteiger charge is 2.16. The summed E-state index contributed by atoms with van der Waals surface area (Å²) in [4.78, 5) is 10.9. The molecule has 0 aliphatic heterocycles. The molecule has 0 saturated carbocycles. The molecule has 0 bridgehead atoms. The van der Waals surface area contributed by atoms with E-state index in [1.54, 1.807) is 0 Å². The SMILES string of the molecule is Cc1c(C)c(C)c(C(C)C=O)c(C)c1C. The number of rotatable bonds is 2. The lowest BCUT2D eigenvalue weighted by molar-refractivity contribution is -0.108. The summed E-state index contributed by atoms with van der Waals surface area (Å²) in [6, 6.07) is 0. The maximum atomic E-state index is 10.9. The fourth-order valence-electron chi connectivity index (χ4n) is 2.28. The lowest BCUT2D eigenvalue weighted by Gasteiger charge is -2.20. The Hall–Kier alpha value is -1.11. The topological polar surface area (TPSA) is 17.1 Å². The van der Waals surface area contributed by atoms with Crippen molar-refractivity contribution in [2.45, 2.75) is 47.5 Å². The van der Waals surface area contributed by atoms with Gasteiger partial charge in [-0.15, -0.1) is 0 Å². The Morgan fingerprint density at radius 1 is 0.800 bits per heavy atom. The van der Waals surface area contributed by atoms with E-state index < -0.39 is 0 Å². The van der Waals surface area contributed by atoms with Gasteiger partial charge in [-0.25, -0.2) is 0 Å². The molecule has 0 aliphatic carbocycles. The van der Waals surface area contributed by atoms with E-state index in [0.29, 0.717) is 0 Å². The average Bonchev–Trinajstić information content (AvgIpc) is 2.23. The van der Waals surface area contributed by atoms with E-state index in [0.717, 1.165) is 6.29 Å². The van der Waals surface area contributed by atoms with Crippen molar-refractivity contribution in [2.75, 3.05) is 0 Å². The third-order valence-electron chi connectivity index (χ3n) is 3.72. The van der Waals surface area contributed by atoms with E-state index in [2.05, 4.69) is 34.6 Å². The van der Waals surface area contributed by atoms with Crippen molar-refractivity contribution in [1.29, 1.82) is 0 Å². The molecular weight excluding hydrogens is 184 g/mol. The van der Waals surface area contributed by atoms with Gasteiger partial charge in [0, 0.05) is 5.92 Å². The molecular formula is C14H20O. The molecule has 1 rings (SSSR count). The van der Waals surface area contributed by atoms with Crippen LogP contribution in [-0.4, -0.2) is 6.29 Å². The predicted molar refractivity (Wildman–Crippen MR) is 64.6 cm³/mol. The summed E-state index contributed by atoms with van der Waals surface area (Å²) in [6.45, 7) is 12.6. The van der Waals surface area contributed by atoms with Crippen LogP contribution in [-0.2, 0) is 4.79 Å². The Kier molecular flexibility index (Phi) is 3.33. The quantitative estimate of drug-likeness (QED) is 0.673. The summed E-state index contributed by atoms with van der Waals surface area (Å²) in [7, 11) is 0. The molecule has 1 aromatic rings. The van der Waals surface area contributed by atoms with Gasteiger partial charge in [-0.1, -0.05) is 6.92 Å². The molecule has 1 heteroatoms. The first-order valence-electron chi connectivity index (χ1n) is 5.44. The van der Waals surface area contributed by atoms with Gasteiger partial charge >= 0.3 is 0 Å². The third-order valence-corrected chi connectivity index (χ3v) is 3.72. The van der Waals surface area contributed by atoms with Crippen molar-refractivity contribution in [3.8, 4) is 0 Å². The zero-order chi connectivity index (χ0) is 11.7. The highest BCUT2D eigenvalue weighted by molar-refractivity contribution is 5.66. The van der Waals surface area contributed by atoms with E-state index >= 15 is 0 Å². The van der Waals surface area contributed by atoms with Crippen LogP contribution in [0.15, 0.2) is 0 Å². The van der Waals surface area contributed by atoms with Crippen molar-refractivity contribution < 1.29 is 4.79 Å². The molecule has 0 heterocycles. The highest BCUT2D eigenvalue weighted by atomic mass is 16.1. The molecule has 1 unspecified atom stereocenters. The second-order valence-electron chi connectivity index (χ2n) is 4.46. The van der Waals surface area contributed by atoms with E-state index in [1.165, 1.54) is 33.4 Å². The van der Waals surface area contributed by atoms with Gasteiger partial charge in [0.1, 0.15) is 6.29 Å². The highest BCUT2D eigenvalue weighted by Crippen LogP contribution is 2.30. The summed E-state index contributed by atoms with van der Waals surface area (Å²) < 4.78 is 0. The van der Waals surface area contributed by atoms with Crippen LogP contribution in [0.2, 0.25) is 0 Å². The molecule has 0 radical (unpaired) electrons. The summed E-state index contributed by atoms with van der Waals surface area (Å²) >= 11 is 0. The number of aldehydes is 1. The van der Waals surface area contributed by atoms with Crippen LogP contribution in [0.5, 0.6) is 0 Å². The number of benzene rings is 1. The second kappa shape index (κ2) is 4.18. The number of carbonyl (C=O) groups is 1. The molecule has 15 heavy (non-hydrogen) atoms. The third kappa shape index (κ3) is 1.83. The van der Waals surface area contributed by atoms with Gasteiger partial charge in [-0.2, -0.15) is 0 Å². The number of hydrogen-bond acceptors (Lipinski definition) is 1. The van der Waals surface area contributed by atoms with E-state index in [1.807, 2.05) is 6.92 Å². The summed E-state index contributed by atoms with van der Waals surface area (Å²) in [5, 5.41) is 0. The van der Waals surface area contributed by atoms with Crippen LogP contribution in [0.25, 0.3) is 0 Å². The Balaban J connectivity index is 3.59. The molecule has 1 nitrogen and oxygen atoms in total. The summed E-state index contributed by atoms with van der Waals surface area (Å²) in [5.74, 6) is 0.00278. The second-order valence-corrected chi connectivity index (χ2v) is 4.46. The molecule has 0 spiro atoms. The van der Waals surface area contributed by atoms with Gasteiger partial charge in [-0.05, 0) is 68.0 Å². The van der Waals surface area contributed by atoms with Crippen LogP contribution in [0, 0.1) is 34.6 Å². The maximum Gasteiger partial charge on any atom is 0.127 e. The van der Waals surface area contributed by atoms with Crippen molar-refractivity contribution in [1.82, 2.24) is 0 Å². The van der Waals surface area contributed by atoms with Gasteiger partial charge in [0.15, 0.2) is 0 Å². The van der Waals surface area contributed by atoms with Gasteiger partial charge < -0.3 is 4.79 Å². The average molecular weight is 204 g/mol. The molecule has 82 valence electrons. The van der Waals surface area contributed by atoms with Crippen LogP contribution < -0.4 is 0 Å². The minimum Gasteiger partial charge on any atom is -0.303 e. The van der Waals surface area contributed by atoms with Gasteiger partial charge in [0.25, 0.3) is 0 Å². The molecule has 0 aliphatic rings. The number of hydrogen-bond donors (Lipinski definition) is 0. The zero-order valence-electron chi connectivity index (χ0n) is 10.6. The predicted octanol–water partition coefficient (Wildman–Crippen LogP) is 3.53. The Morgan fingerprint density at radius 2 is 1.13 bits per heavy atom. The normalized spacial score (nSPS) is 12.7. The van der Waals surface area contributed by atoms with Crippen LogP contribution in [0.4, 0.5) is 0 Å². The fraction of sp³-hybridized carbons (Fsp3) is 0.500. The Labute approximate surface area is 92.5 Å². The van der Waals surface area contributed by atoms with E-state index in [-0.39, 0.29) is 5.92 Å². The van der Waals surface area contributed by atoms with E-state index in [4.69, 9.17) is 0 Å². The molecule has 0 N–H and O–H groups in total. The first kappa shape index (κ1) is 12.0. The van der Waals surface area contributed by atoms with Crippen molar-refractivity contribution in [3.05, 3.63) is 33.4 Å². The largest absolute Gasteiger partial charge is 0.303 e. The van der Waals surface area contributed by atoms with Gasteiger partial charge in [-0.3, -0.25) is 0 Å². The molecule has 1 atom stereocenters. The van der Waals surface area contributed by atoms with Crippen molar-refractivity contribution in [3.63, 3.8) is 0 Å². The molecule has 0 amide bonds. The minimum absolute atomic E-state index is 0.00278. The molecule has 0 fully saturated rings. The van der Waals surface area contributed by atoms with Gasteiger partial charge in [0.2, 0.25) is 0 Å². The smallest absolute Gasteiger partial charge is 0.127 e. The number of carbonyl (C=O) groups excluding carboxylic acids is 1. The van der Waals surface area contributed by atoms with Crippen molar-refractivity contribution in [2.24, 2.45) is 0 Å². The van der Waals surface area contributed by atoms with Crippen LogP contribution in [0.3, 0.4) is 0 Å². The minimum atomic E-state index is 0.00278. The van der Waals surface area contributed by atoms with Crippen LogP contribution >= 0.6 is 0 Å². The molecule has 1 aromatic carbocycles. The van der Waals surface area contributed by atoms with E-state index in [9.17, 15) is 4.79 Å². The van der Waals surface area contributed by atoms with Crippen LogP contribution in [0.1, 0.15) is 46.2 Å². The fourth-order valence-corrected chi connectivity index (χ4v) is 2.28. The molecule has 0 aromatic heterocycles. The summed E-state index contributed by atoms with van der Waals surface area (Å²) in [6.07, 6.45) is 1.03. The lowest BCUT2D eigenvalue weighted by Crippen LogP contribution is -2.06. The molecule has 0 saturated heterocycles. The van der Waals surface area contributed by atoms with Gasteiger partial charge in [0.05, 0.1) is 0 Å². The Bertz CT molecular complexity index is 373. The zero-order valence-corrected chi connectivity index (χ0v) is 10.6.